The van der Waals surface area contributed by atoms with Gasteiger partial charge < -0.3 is 4.42 Å². The van der Waals surface area contributed by atoms with E-state index in [0.717, 1.165) is 5.58 Å². The van der Waals surface area contributed by atoms with Gasteiger partial charge in [0.25, 0.3) is 0 Å². The first-order valence-corrected chi connectivity index (χ1v) is 7.21. The van der Waals surface area contributed by atoms with E-state index in [1.165, 1.54) is 29.6 Å². The van der Waals surface area contributed by atoms with Crippen LogP contribution < -0.4 is 0 Å². The number of benzene rings is 1. The van der Waals surface area contributed by atoms with Gasteiger partial charge in [0.05, 0.1) is 0 Å². The minimum Gasteiger partial charge on any atom is -0.461 e. The summed E-state index contributed by atoms with van der Waals surface area (Å²) in [7, 11) is 0. The monoisotopic (exact) mass is 292 g/mol. The molecule has 1 saturated carbocycles. The quantitative estimate of drug-likeness (QED) is 0.673. The Balaban J connectivity index is 2.01. The van der Waals surface area contributed by atoms with Gasteiger partial charge in [0.15, 0.2) is 0 Å². The summed E-state index contributed by atoms with van der Waals surface area (Å²) in [6, 6.07) is 8.63. The van der Waals surface area contributed by atoms with Gasteiger partial charge in [0.1, 0.15) is 11.3 Å². The number of hydrogen-bond donors (Lipinski definition) is 0. The van der Waals surface area contributed by atoms with Gasteiger partial charge in [-0.1, -0.05) is 34.5 Å². The number of furan rings is 1. The molecule has 1 nitrogen and oxygen atoms in total. The third-order valence-electron chi connectivity index (χ3n) is 4.01. The second kappa shape index (κ2) is 4.16. The van der Waals surface area contributed by atoms with Gasteiger partial charge in [0.2, 0.25) is 0 Å². The molecule has 3 unspecified atom stereocenters. The van der Waals surface area contributed by atoms with Crippen LogP contribution in [0.3, 0.4) is 0 Å². The SMILES string of the molecule is Cc1ccc2oc(C3CCC(Br)C3C)cc2c1. The summed E-state index contributed by atoms with van der Waals surface area (Å²) in [5.41, 5.74) is 2.32. The minimum atomic E-state index is 0.576. The topological polar surface area (TPSA) is 13.1 Å². The maximum Gasteiger partial charge on any atom is 0.134 e. The molecule has 1 aromatic carbocycles. The molecule has 1 aromatic heterocycles. The molecule has 3 rings (SSSR count). The van der Waals surface area contributed by atoms with E-state index < -0.39 is 0 Å². The zero-order chi connectivity index (χ0) is 12.0. The smallest absolute Gasteiger partial charge is 0.134 e. The molecule has 0 spiro atoms. The van der Waals surface area contributed by atoms with Gasteiger partial charge >= 0.3 is 0 Å². The van der Waals surface area contributed by atoms with Crippen molar-refractivity contribution >= 4 is 26.9 Å². The molecule has 2 aromatic rings. The lowest BCUT2D eigenvalue weighted by Crippen LogP contribution is -2.08. The van der Waals surface area contributed by atoms with Crippen molar-refractivity contribution < 1.29 is 4.42 Å². The van der Waals surface area contributed by atoms with Crippen molar-refractivity contribution in [1.82, 2.24) is 0 Å². The summed E-state index contributed by atoms with van der Waals surface area (Å²) < 4.78 is 6.00. The summed E-state index contributed by atoms with van der Waals surface area (Å²) >= 11 is 3.76. The molecule has 0 amide bonds. The van der Waals surface area contributed by atoms with Crippen molar-refractivity contribution in [3.8, 4) is 0 Å². The van der Waals surface area contributed by atoms with Crippen LogP contribution in [-0.2, 0) is 0 Å². The van der Waals surface area contributed by atoms with Crippen LogP contribution in [0, 0.1) is 12.8 Å². The highest BCUT2D eigenvalue weighted by molar-refractivity contribution is 9.09. The van der Waals surface area contributed by atoms with Crippen LogP contribution >= 0.6 is 15.9 Å². The number of halogens is 1. The number of hydrogen-bond acceptors (Lipinski definition) is 1. The Hall–Kier alpha value is -0.760. The molecule has 0 aliphatic heterocycles. The molecule has 2 heteroatoms. The second-order valence-corrected chi connectivity index (χ2v) is 6.43. The Morgan fingerprint density at radius 2 is 2.06 bits per heavy atom. The molecule has 0 radical (unpaired) electrons. The Labute approximate surface area is 110 Å². The fourth-order valence-electron chi connectivity index (χ4n) is 2.88. The number of fused-ring (bicyclic) bond motifs is 1. The van der Waals surface area contributed by atoms with Crippen LogP contribution in [0.15, 0.2) is 28.7 Å². The highest BCUT2D eigenvalue weighted by atomic mass is 79.9. The van der Waals surface area contributed by atoms with E-state index in [9.17, 15) is 0 Å². The maximum atomic E-state index is 6.00. The van der Waals surface area contributed by atoms with Crippen molar-refractivity contribution in [2.24, 2.45) is 5.92 Å². The Morgan fingerprint density at radius 1 is 1.24 bits per heavy atom. The first-order chi connectivity index (χ1) is 8.15. The van der Waals surface area contributed by atoms with E-state index >= 15 is 0 Å². The zero-order valence-corrected chi connectivity index (χ0v) is 11.8. The van der Waals surface area contributed by atoms with E-state index in [2.05, 4.69) is 54.0 Å². The molecule has 0 saturated heterocycles. The summed E-state index contributed by atoms with van der Waals surface area (Å²) in [6.07, 6.45) is 2.48. The summed E-state index contributed by atoms with van der Waals surface area (Å²) in [5, 5.41) is 1.24. The van der Waals surface area contributed by atoms with E-state index in [0.29, 0.717) is 16.7 Å². The van der Waals surface area contributed by atoms with Crippen LogP contribution in [0.25, 0.3) is 11.0 Å². The molecule has 0 N–H and O–H groups in total. The first kappa shape index (κ1) is 11.3. The largest absolute Gasteiger partial charge is 0.461 e. The lowest BCUT2D eigenvalue weighted by Gasteiger charge is -2.14. The molecular formula is C15H17BrO. The van der Waals surface area contributed by atoms with Crippen LogP contribution in [0.2, 0.25) is 0 Å². The average Bonchev–Trinajstić information content (AvgIpc) is 2.83. The van der Waals surface area contributed by atoms with Crippen LogP contribution in [-0.4, -0.2) is 4.83 Å². The molecular weight excluding hydrogens is 276 g/mol. The molecule has 90 valence electrons. The zero-order valence-electron chi connectivity index (χ0n) is 10.2. The molecule has 1 heterocycles. The number of aryl methyl sites for hydroxylation is 1. The Kier molecular flexibility index (Phi) is 2.78. The maximum absolute atomic E-state index is 6.00. The van der Waals surface area contributed by atoms with Crippen molar-refractivity contribution in [2.75, 3.05) is 0 Å². The van der Waals surface area contributed by atoms with Crippen molar-refractivity contribution in [3.63, 3.8) is 0 Å². The normalized spacial score (nSPS) is 29.0. The fraction of sp³-hybridized carbons (Fsp3) is 0.467. The average molecular weight is 293 g/mol. The van der Waals surface area contributed by atoms with E-state index in [4.69, 9.17) is 4.42 Å². The fourth-order valence-corrected chi connectivity index (χ4v) is 3.52. The predicted molar refractivity (Wildman–Crippen MR) is 74.8 cm³/mol. The van der Waals surface area contributed by atoms with E-state index in [1.54, 1.807) is 0 Å². The van der Waals surface area contributed by atoms with Crippen LogP contribution in [0.4, 0.5) is 0 Å². The molecule has 1 aliphatic rings. The van der Waals surface area contributed by atoms with Gasteiger partial charge in [-0.15, -0.1) is 0 Å². The minimum absolute atomic E-state index is 0.576. The summed E-state index contributed by atoms with van der Waals surface area (Å²) in [4.78, 5) is 0.641. The highest BCUT2D eigenvalue weighted by Crippen LogP contribution is 2.44. The van der Waals surface area contributed by atoms with Crippen LogP contribution in [0.1, 0.15) is 37.0 Å². The van der Waals surface area contributed by atoms with Crippen molar-refractivity contribution in [2.45, 2.75) is 37.4 Å². The Morgan fingerprint density at radius 3 is 2.76 bits per heavy atom. The van der Waals surface area contributed by atoms with Crippen LogP contribution in [0.5, 0.6) is 0 Å². The Bertz CT molecular complexity index is 543. The summed E-state index contributed by atoms with van der Waals surface area (Å²) in [5.74, 6) is 2.41. The lowest BCUT2D eigenvalue weighted by atomic mass is 9.95. The third kappa shape index (κ3) is 1.93. The molecule has 17 heavy (non-hydrogen) atoms. The first-order valence-electron chi connectivity index (χ1n) is 6.29. The van der Waals surface area contributed by atoms with E-state index in [-0.39, 0.29) is 0 Å². The predicted octanol–water partition coefficient (Wildman–Crippen LogP) is 5.02. The van der Waals surface area contributed by atoms with Gasteiger partial charge in [-0.25, -0.2) is 0 Å². The number of rotatable bonds is 1. The van der Waals surface area contributed by atoms with Crippen molar-refractivity contribution in [3.05, 3.63) is 35.6 Å². The van der Waals surface area contributed by atoms with Gasteiger partial charge in [-0.2, -0.15) is 0 Å². The van der Waals surface area contributed by atoms with E-state index in [1.807, 2.05) is 0 Å². The molecule has 3 atom stereocenters. The summed E-state index contributed by atoms with van der Waals surface area (Å²) in [6.45, 7) is 4.44. The number of alkyl halides is 1. The van der Waals surface area contributed by atoms with Gasteiger partial charge in [-0.3, -0.25) is 0 Å². The van der Waals surface area contributed by atoms with Crippen molar-refractivity contribution in [1.29, 1.82) is 0 Å². The molecule has 1 fully saturated rings. The second-order valence-electron chi connectivity index (χ2n) is 5.25. The molecule has 0 bridgehead atoms. The highest BCUT2D eigenvalue weighted by Gasteiger charge is 2.34. The van der Waals surface area contributed by atoms with Gasteiger partial charge in [-0.05, 0) is 43.9 Å². The third-order valence-corrected chi connectivity index (χ3v) is 5.31. The lowest BCUT2D eigenvalue weighted by molar-refractivity contribution is 0.436. The standard InChI is InChI=1S/C15H17BrO/c1-9-3-6-14-11(7-9)8-15(17-14)12-4-5-13(16)10(12)2/h3,6-8,10,12-13H,4-5H2,1-2H3. The van der Waals surface area contributed by atoms with Gasteiger partial charge in [0, 0.05) is 16.1 Å². The molecule has 1 aliphatic carbocycles.